The van der Waals surface area contributed by atoms with Crippen molar-refractivity contribution in [3.8, 4) is 10.7 Å². The number of rotatable bonds is 1. The van der Waals surface area contributed by atoms with E-state index in [4.69, 9.17) is 0 Å². The van der Waals surface area contributed by atoms with Crippen LogP contribution < -0.4 is 0 Å². The number of hydrogen-bond donors (Lipinski definition) is 0. The molecule has 4 aromatic rings. The Morgan fingerprint density at radius 1 is 1.28 bits per heavy atom. The zero-order valence-corrected chi connectivity index (χ0v) is 12.1. The van der Waals surface area contributed by atoms with Gasteiger partial charge in [-0.05, 0) is 33.4 Å². The van der Waals surface area contributed by atoms with Crippen molar-refractivity contribution in [1.29, 1.82) is 0 Å². The summed E-state index contributed by atoms with van der Waals surface area (Å²) in [5, 5.41) is 9.56. The SMILES string of the molecule is Brc1csc(-c2nc3c4ccsc4ncn3n2)c1. The molecule has 0 aliphatic carbocycles. The van der Waals surface area contributed by atoms with Gasteiger partial charge in [-0.2, -0.15) is 0 Å². The molecule has 0 saturated heterocycles. The fraction of sp³-hybridized carbons (Fsp3) is 0. The summed E-state index contributed by atoms with van der Waals surface area (Å²) in [5.41, 5.74) is 0.862. The highest BCUT2D eigenvalue weighted by Gasteiger charge is 2.11. The summed E-state index contributed by atoms with van der Waals surface area (Å²) < 4.78 is 2.79. The molecule has 0 N–H and O–H groups in total. The molecule has 0 radical (unpaired) electrons. The van der Waals surface area contributed by atoms with E-state index < -0.39 is 0 Å². The van der Waals surface area contributed by atoms with Gasteiger partial charge in [-0.15, -0.1) is 27.8 Å². The van der Waals surface area contributed by atoms with Gasteiger partial charge in [-0.1, -0.05) is 0 Å². The number of aromatic nitrogens is 4. The third kappa shape index (κ3) is 1.51. The lowest BCUT2D eigenvalue weighted by Crippen LogP contribution is -1.88. The van der Waals surface area contributed by atoms with Crippen molar-refractivity contribution < 1.29 is 0 Å². The van der Waals surface area contributed by atoms with Crippen LogP contribution in [-0.2, 0) is 0 Å². The Balaban J connectivity index is 2.03. The van der Waals surface area contributed by atoms with Crippen molar-refractivity contribution in [2.24, 2.45) is 0 Å². The molecule has 0 saturated carbocycles. The van der Waals surface area contributed by atoms with Crippen LogP contribution in [0.25, 0.3) is 26.6 Å². The van der Waals surface area contributed by atoms with Crippen LogP contribution in [0.4, 0.5) is 0 Å². The number of halogens is 1. The van der Waals surface area contributed by atoms with Gasteiger partial charge in [0.2, 0.25) is 0 Å². The lowest BCUT2D eigenvalue weighted by atomic mass is 10.4. The molecule has 0 spiro atoms. The minimum absolute atomic E-state index is 0.742. The van der Waals surface area contributed by atoms with Gasteiger partial charge in [0, 0.05) is 9.85 Å². The van der Waals surface area contributed by atoms with Gasteiger partial charge in [0.1, 0.15) is 11.2 Å². The first-order valence-corrected chi connectivity index (χ1v) is 7.69. The molecule has 0 bridgehead atoms. The second-order valence-electron chi connectivity index (χ2n) is 3.72. The topological polar surface area (TPSA) is 43.1 Å². The summed E-state index contributed by atoms with van der Waals surface area (Å²) in [5.74, 6) is 0.742. The highest BCUT2D eigenvalue weighted by molar-refractivity contribution is 9.10. The van der Waals surface area contributed by atoms with E-state index in [1.54, 1.807) is 33.5 Å². The summed E-state index contributed by atoms with van der Waals surface area (Å²) in [6, 6.07) is 4.06. The zero-order valence-electron chi connectivity index (χ0n) is 8.87. The van der Waals surface area contributed by atoms with Crippen LogP contribution in [0.1, 0.15) is 0 Å². The van der Waals surface area contributed by atoms with Crippen molar-refractivity contribution >= 4 is 54.5 Å². The van der Waals surface area contributed by atoms with Gasteiger partial charge in [0.05, 0.1) is 10.3 Å². The van der Waals surface area contributed by atoms with Crippen molar-refractivity contribution in [2.75, 3.05) is 0 Å². The molecular weight excluding hydrogens is 332 g/mol. The molecule has 0 fully saturated rings. The Labute approximate surface area is 118 Å². The lowest BCUT2D eigenvalue weighted by molar-refractivity contribution is 0.941. The summed E-state index contributed by atoms with van der Waals surface area (Å²) in [7, 11) is 0. The molecular formula is C11H5BrN4S2. The van der Waals surface area contributed by atoms with E-state index in [1.165, 1.54) is 0 Å². The number of thiophene rings is 2. The van der Waals surface area contributed by atoms with E-state index in [9.17, 15) is 0 Å². The monoisotopic (exact) mass is 336 g/mol. The Morgan fingerprint density at radius 2 is 2.22 bits per heavy atom. The van der Waals surface area contributed by atoms with Gasteiger partial charge in [0.25, 0.3) is 0 Å². The van der Waals surface area contributed by atoms with Crippen molar-refractivity contribution in [3.63, 3.8) is 0 Å². The molecule has 4 rings (SSSR count). The molecule has 0 atom stereocenters. The molecule has 0 aliphatic rings. The third-order valence-corrected chi connectivity index (χ3v) is 5.10. The van der Waals surface area contributed by atoms with Crippen LogP contribution in [0, 0.1) is 0 Å². The third-order valence-electron chi connectivity index (χ3n) is 2.59. The summed E-state index contributed by atoms with van der Waals surface area (Å²) in [6.07, 6.45) is 1.72. The van der Waals surface area contributed by atoms with Crippen LogP contribution in [0.3, 0.4) is 0 Å². The van der Waals surface area contributed by atoms with Crippen molar-refractivity contribution in [3.05, 3.63) is 33.7 Å². The van der Waals surface area contributed by atoms with Crippen LogP contribution in [0.15, 0.2) is 33.7 Å². The quantitative estimate of drug-likeness (QED) is 0.530. The van der Waals surface area contributed by atoms with E-state index in [1.807, 2.05) is 22.9 Å². The maximum atomic E-state index is 4.60. The molecule has 0 aliphatic heterocycles. The molecule has 88 valence electrons. The average Bonchev–Trinajstić information content (AvgIpc) is 3.04. The van der Waals surface area contributed by atoms with Crippen molar-refractivity contribution in [2.45, 2.75) is 0 Å². The van der Waals surface area contributed by atoms with E-state index in [0.29, 0.717) is 0 Å². The summed E-state index contributed by atoms with van der Waals surface area (Å²) in [4.78, 5) is 11.0. The lowest BCUT2D eigenvalue weighted by Gasteiger charge is -1.90. The first kappa shape index (κ1) is 10.6. The predicted molar refractivity (Wildman–Crippen MR) is 77.2 cm³/mol. The summed E-state index contributed by atoms with van der Waals surface area (Å²) in [6.45, 7) is 0. The molecule has 0 unspecified atom stereocenters. The molecule has 4 aromatic heterocycles. The van der Waals surface area contributed by atoms with Gasteiger partial charge in [0.15, 0.2) is 11.5 Å². The van der Waals surface area contributed by atoms with E-state index in [0.717, 1.165) is 31.0 Å². The number of nitrogens with zero attached hydrogens (tertiary/aromatic N) is 4. The molecule has 4 heterocycles. The molecule has 0 amide bonds. The predicted octanol–water partition coefficient (Wildman–Crippen LogP) is 3.83. The highest BCUT2D eigenvalue weighted by atomic mass is 79.9. The summed E-state index contributed by atoms with van der Waals surface area (Å²) >= 11 is 6.68. The van der Waals surface area contributed by atoms with Crippen molar-refractivity contribution in [1.82, 2.24) is 19.6 Å². The Morgan fingerprint density at radius 3 is 3.06 bits per heavy atom. The van der Waals surface area contributed by atoms with Crippen LogP contribution in [0.2, 0.25) is 0 Å². The van der Waals surface area contributed by atoms with Crippen LogP contribution in [-0.4, -0.2) is 19.6 Å². The normalized spacial score (nSPS) is 11.6. The van der Waals surface area contributed by atoms with Gasteiger partial charge in [-0.3, -0.25) is 0 Å². The van der Waals surface area contributed by atoms with E-state index in [2.05, 4.69) is 31.0 Å². The maximum Gasteiger partial charge on any atom is 0.192 e. The second kappa shape index (κ2) is 3.84. The largest absolute Gasteiger partial charge is 0.225 e. The Hall–Kier alpha value is -1.31. The minimum Gasteiger partial charge on any atom is -0.225 e. The minimum atomic E-state index is 0.742. The van der Waals surface area contributed by atoms with Gasteiger partial charge in [-0.25, -0.2) is 14.5 Å². The Bertz CT molecular complexity index is 860. The average molecular weight is 337 g/mol. The second-order valence-corrected chi connectivity index (χ2v) is 6.44. The number of fused-ring (bicyclic) bond motifs is 3. The van der Waals surface area contributed by atoms with E-state index in [-0.39, 0.29) is 0 Å². The van der Waals surface area contributed by atoms with Crippen LogP contribution >= 0.6 is 38.6 Å². The standard InChI is InChI=1S/C11H5BrN4S2/c12-6-3-8(18-4-6)9-14-10-7-1-2-17-11(7)13-5-16(10)15-9/h1-5H. The molecule has 18 heavy (non-hydrogen) atoms. The maximum absolute atomic E-state index is 4.60. The number of hydrogen-bond acceptors (Lipinski definition) is 5. The smallest absolute Gasteiger partial charge is 0.192 e. The Kier molecular flexibility index (Phi) is 2.26. The van der Waals surface area contributed by atoms with E-state index >= 15 is 0 Å². The van der Waals surface area contributed by atoms with Gasteiger partial charge < -0.3 is 0 Å². The van der Waals surface area contributed by atoms with Crippen LogP contribution in [0.5, 0.6) is 0 Å². The fourth-order valence-electron chi connectivity index (χ4n) is 1.80. The molecule has 4 nitrogen and oxygen atoms in total. The first-order valence-electron chi connectivity index (χ1n) is 5.14. The molecule has 0 aromatic carbocycles. The van der Waals surface area contributed by atoms with Gasteiger partial charge >= 0.3 is 0 Å². The zero-order chi connectivity index (χ0) is 12.1. The highest BCUT2D eigenvalue weighted by Crippen LogP contribution is 2.29. The molecule has 7 heteroatoms. The fourth-order valence-corrected chi connectivity index (χ4v) is 3.88. The first-order chi connectivity index (χ1) is 8.81.